The fourth-order valence-electron chi connectivity index (χ4n) is 4.32. The van der Waals surface area contributed by atoms with Gasteiger partial charge in [-0.2, -0.15) is 13.3 Å². The number of hydrogen-bond acceptors (Lipinski definition) is 5. The first-order chi connectivity index (χ1) is 15.8. The summed E-state index contributed by atoms with van der Waals surface area (Å²) in [5.41, 5.74) is 0.772. The first-order valence-corrected chi connectivity index (χ1v) is 12.9. The molecule has 3 aromatic rings. The molecule has 0 radical (unpaired) electrons. The van der Waals surface area contributed by atoms with Crippen molar-refractivity contribution in [2.24, 2.45) is 5.92 Å². The van der Waals surface area contributed by atoms with E-state index in [1.54, 1.807) is 28.8 Å². The Bertz CT molecular complexity index is 1350. The van der Waals surface area contributed by atoms with Crippen LogP contribution in [0.3, 0.4) is 0 Å². The van der Waals surface area contributed by atoms with E-state index in [1.807, 2.05) is 21.6 Å². The summed E-state index contributed by atoms with van der Waals surface area (Å²) in [7, 11) is -3.60. The molecular weight excluding hydrogens is 464 g/mol. The van der Waals surface area contributed by atoms with E-state index in [2.05, 4.69) is 0 Å². The van der Waals surface area contributed by atoms with E-state index >= 15 is 0 Å². The van der Waals surface area contributed by atoms with Gasteiger partial charge in [0.05, 0.1) is 17.6 Å². The third-order valence-corrected chi connectivity index (χ3v) is 8.58. The van der Waals surface area contributed by atoms with E-state index in [4.69, 9.17) is 11.6 Å². The number of hydrogen-bond donors (Lipinski definition) is 1. The molecule has 5 rings (SSSR count). The Kier molecular flexibility index (Phi) is 5.90. The van der Waals surface area contributed by atoms with Gasteiger partial charge in [0.25, 0.3) is 11.5 Å². The number of piperazine rings is 1. The Morgan fingerprint density at radius 1 is 1.03 bits per heavy atom. The minimum Gasteiger partial charge on any atom is -0.477 e. The fraction of sp³-hybridized carbons (Fsp3) is 0.391. The summed E-state index contributed by atoms with van der Waals surface area (Å²) >= 11 is 5.88. The molecule has 0 atom stereocenters. The van der Waals surface area contributed by atoms with Crippen LogP contribution in [0.2, 0.25) is 5.02 Å². The molecule has 3 heterocycles. The van der Waals surface area contributed by atoms with Gasteiger partial charge in [0.15, 0.2) is 0 Å². The van der Waals surface area contributed by atoms with Crippen molar-refractivity contribution in [3.63, 3.8) is 0 Å². The average molecular weight is 490 g/mol. The molecule has 2 aliphatic rings. The Labute approximate surface area is 197 Å². The quantitative estimate of drug-likeness (QED) is 0.534. The zero-order valence-corrected chi connectivity index (χ0v) is 19.7. The first kappa shape index (κ1) is 22.3. The van der Waals surface area contributed by atoms with Gasteiger partial charge in [-0.25, -0.2) is 13.2 Å². The van der Waals surface area contributed by atoms with Crippen LogP contribution in [0.15, 0.2) is 58.4 Å². The number of aromatic nitrogens is 2. The number of sulfonamides is 1. The molecule has 174 valence electrons. The summed E-state index contributed by atoms with van der Waals surface area (Å²) < 4.78 is 30.7. The third-order valence-electron chi connectivity index (χ3n) is 6.42. The van der Waals surface area contributed by atoms with Gasteiger partial charge in [-0.15, -0.1) is 0 Å². The number of aromatic hydroxyl groups is 1. The number of halogens is 1. The zero-order chi connectivity index (χ0) is 23.2. The molecule has 1 saturated carbocycles. The minimum absolute atomic E-state index is 0.00863. The van der Waals surface area contributed by atoms with Gasteiger partial charge in [0, 0.05) is 43.8 Å². The number of nitrogens with zero attached hydrogens (tertiary/aromatic N) is 4. The normalized spacial score (nSPS) is 18.1. The average Bonchev–Trinajstić information content (AvgIpc) is 3.64. The minimum atomic E-state index is -3.60. The molecule has 0 spiro atoms. The molecule has 0 bridgehead atoms. The molecule has 1 aliphatic carbocycles. The highest BCUT2D eigenvalue weighted by atomic mass is 35.5. The summed E-state index contributed by atoms with van der Waals surface area (Å²) in [5, 5.41) is 11.5. The van der Waals surface area contributed by atoms with E-state index < -0.39 is 10.0 Å². The highest BCUT2D eigenvalue weighted by Crippen LogP contribution is 2.30. The predicted molar refractivity (Wildman–Crippen MR) is 124 cm³/mol. The Hall–Kier alpha value is -2.46. The lowest BCUT2D eigenvalue weighted by molar-refractivity contribution is -0.684. The molecule has 0 unspecified atom stereocenters. The molecule has 1 N–H and O–H groups in total. The van der Waals surface area contributed by atoms with E-state index in [0.29, 0.717) is 54.9 Å². The molecule has 1 saturated heterocycles. The van der Waals surface area contributed by atoms with Crippen LogP contribution in [-0.2, 0) is 23.1 Å². The van der Waals surface area contributed by atoms with Gasteiger partial charge in [0.1, 0.15) is 5.56 Å². The third kappa shape index (κ3) is 4.38. The lowest BCUT2D eigenvalue weighted by Crippen LogP contribution is -2.49. The van der Waals surface area contributed by atoms with Crippen LogP contribution >= 0.6 is 11.6 Å². The molecule has 2 aromatic heterocycles. The topological polar surface area (TPSA) is 86.2 Å². The van der Waals surface area contributed by atoms with Crippen LogP contribution in [0.4, 0.5) is 0 Å². The van der Waals surface area contributed by atoms with Crippen LogP contribution in [0.5, 0.6) is 5.88 Å². The monoisotopic (exact) mass is 489 g/mol. The standard InChI is InChI=1S/C23H25ClN4O4S/c24-18-6-8-19(9-7-18)33(31,32)26-13-11-25(12-14-26)16-20-22(29)27-10-2-1-3-21(27)28(23(20)30)15-17-4-5-17/h1-3,6-10,17H,4-5,11-16H2/p+1. The lowest BCUT2D eigenvalue weighted by Gasteiger charge is -2.33. The Morgan fingerprint density at radius 3 is 2.39 bits per heavy atom. The van der Waals surface area contributed by atoms with E-state index in [0.717, 1.165) is 12.8 Å². The van der Waals surface area contributed by atoms with E-state index in [9.17, 15) is 18.3 Å². The van der Waals surface area contributed by atoms with Gasteiger partial charge in [-0.1, -0.05) is 17.7 Å². The summed E-state index contributed by atoms with van der Waals surface area (Å²) in [5.74, 6) is 0.534. The zero-order valence-electron chi connectivity index (χ0n) is 18.1. The van der Waals surface area contributed by atoms with Gasteiger partial charge in [0.2, 0.25) is 10.0 Å². The van der Waals surface area contributed by atoms with Crippen LogP contribution in [0, 0.1) is 5.92 Å². The smallest absolute Gasteiger partial charge is 0.350 e. The van der Waals surface area contributed by atoms with Crippen molar-refractivity contribution in [3.05, 3.63) is 69.6 Å². The van der Waals surface area contributed by atoms with Crippen LogP contribution in [0.25, 0.3) is 5.65 Å². The molecule has 33 heavy (non-hydrogen) atoms. The van der Waals surface area contributed by atoms with Crippen molar-refractivity contribution < 1.29 is 18.1 Å². The van der Waals surface area contributed by atoms with Gasteiger partial charge < -0.3 is 5.11 Å². The molecular formula is C23H26ClN4O4S+. The maximum absolute atomic E-state index is 13.2. The highest BCUT2D eigenvalue weighted by molar-refractivity contribution is 7.89. The number of benzene rings is 1. The molecule has 1 aliphatic heterocycles. The van der Waals surface area contributed by atoms with E-state index in [1.165, 1.54) is 16.4 Å². The van der Waals surface area contributed by atoms with Gasteiger partial charge >= 0.3 is 5.56 Å². The molecule has 0 amide bonds. The SMILES string of the molecule is O=c1c(CN2CCN(S(=O)(=O)c3ccc(Cl)cc3)CC2)c(O)[n+](CC2CC2)c2ccccn12. The van der Waals surface area contributed by atoms with Crippen molar-refractivity contribution in [2.45, 2.75) is 30.8 Å². The number of pyridine rings is 1. The van der Waals surface area contributed by atoms with Gasteiger partial charge in [-0.3, -0.25) is 4.90 Å². The Morgan fingerprint density at radius 2 is 1.73 bits per heavy atom. The van der Waals surface area contributed by atoms with Crippen LogP contribution in [0.1, 0.15) is 18.4 Å². The van der Waals surface area contributed by atoms with Crippen molar-refractivity contribution in [1.29, 1.82) is 0 Å². The largest absolute Gasteiger partial charge is 0.477 e. The predicted octanol–water partition coefficient (Wildman–Crippen LogP) is 1.86. The van der Waals surface area contributed by atoms with Gasteiger partial charge in [-0.05, 0) is 49.1 Å². The molecule has 8 nitrogen and oxygen atoms in total. The molecule has 10 heteroatoms. The number of rotatable bonds is 6. The number of fused-ring (bicyclic) bond motifs is 1. The highest BCUT2D eigenvalue weighted by Gasteiger charge is 2.33. The fourth-order valence-corrected chi connectivity index (χ4v) is 5.87. The second-order valence-electron chi connectivity index (χ2n) is 8.72. The first-order valence-electron chi connectivity index (χ1n) is 11.1. The van der Waals surface area contributed by atoms with Crippen LogP contribution < -0.4 is 10.1 Å². The van der Waals surface area contributed by atoms with Crippen molar-refractivity contribution in [1.82, 2.24) is 13.6 Å². The van der Waals surface area contributed by atoms with E-state index in [-0.39, 0.29) is 22.9 Å². The Balaban J connectivity index is 1.36. The maximum Gasteiger partial charge on any atom is 0.350 e. The summed E-state index contributed by atoms with van der Waals surface area (Å²) in [6.07, 6.45) is 3.98. The molecule has 1 aromatic carbocycles. The van der Waals surface area contributed by atoms with Crippen molar-refractivity contribution in [2.75, 3.05) is 26.2 Å². The maximum atomic E-state index is 13.2. The summed E-state index contributed by atoms with van der Waals surface area (Å²) in [6, 6.07) is 11.7. The van der Waals surface area contributed by atoms with Crippen LogP contribution in [-0.4, -0.2) is 53.3 Å². The second kappa shape index (κ2) is 8.72. The molecule has 2 fully saturated rings. The summed E-state index contributed by atoms with van der Waals surface area (Å²) in [6.45, 7) is 2.49. The second-order valence-corrected chi connectivity index (χ2v) is 11.1. The summed E-state index contributed by atoms with van der Waals surface area (Å²) in [4.78, 5) is 15.4. The van der Waals surface area contributed by atoms with Crippen molar-refractivity contribution >= 4 is 27.3 Å². The lowest BCUT2D eigenvalue weighted by atomic mass is 10.2. The van der Waals surface area contributed by atoms with Crippen molar-refractivity contribution in [3.8, 4) is 5.88 Å².